The molecule has 0 aliphatic carbocycles. The van der Waals surface area contributed by atoms with Crippen LogP contribution < -0.4 is 5.32 Å². The fraction of sp³-hybridized carbons (Fsp3) is 0.462. The van der Waals surface area contributed by atoms with Crippen LogP contribution in [0.3, 0.4) is 0 Å². The Bertz CT molecular complexity index is 1050. The number of rotatable bonds is 5. The molecule has 1 N–H and O–H groups in total. The van der Waals surface area contributed by atoms with Gasteiger partial charge in [-0.2, -0.15) is 0 Å². The van der Waals surface area contributed by atoms with Gasteiger partial charge in [-0.05, 0) is 36.2 Å². The van der Waals surface area contributed by atoms with E-state index in [1.54, 1.807) is 23.4 Å². The predicted octanol–water partition coefficient (Wildman–Crippen LogP) is 2.52. The SMILES string of the molecule is Cc1ccccc1C(=O)N1[C@H](C(=O)NCc2ccncc2)COC12CCN(C(=O)C(C)C)CC2. The fourth-order valence-electron chi connectivity index (χ4n) is 4.76. The first-order chi connectivity index (χ1) is 16.3. The molecule has 2 saturated heterocycles. The summed E-state index contributed by atoms with van der Waals surface area (Å²) in [5.74, 6) is -0.467. The van der Waals surface area contributed by atoms with E-state index in [0.29, 0.717) is 38.0 Å². The van der Waals surface area contributed by atoms with Gasteiger partial charge >= 0.3 is 0 Å². The van der Waals surface area contributed by atoms with Crippen LogP contribution >= 0.6 is 0 Å². The van der Waals surface area contributed by atoms with Crippen LogP contribution in [0.15, 0.2) is 48.8 Å². The Morgan fingerprint density at radius 2 is 1.79 bits per heavy atom. The van der Waals surface area contributed by atoms with Gasteiger partial charge in [0.2, 0.25) is 11.8 Å². The second kappa shape index (κ2) is 9.93. The van der Waals surface area contributed by atoms with Gasteiger partial charge in [0, 0.05) is 56.4 Å². The van der Waals surface area contributed by atoms with Gasteiger partial charge in [0.05, 0.1) is 6.61 Å². The second-order valence-electron chi connectivity index (χ2n) is 9.32. The molecule has 34 heavy (non-hydrogen) atoms. The summed E-state index contributed by atoms with van der Waals surface area (Å²) in [6.07, 6.45) is 4.29. The smallest absolute Gasteiger partial charge is 0.257 e. The zero-order valence-electron chi connectivity index (χ0n) is 20.0. The monoisotopic (exact) mass is 464 g/mol. The molecule has 3 amide bonds. The van der Waals surface area contributed by atoms with E-state index in [1.165, 1.54) is 0 Å². The van der Waals surface area contributed by atoms with Crippen LogP contribution in [-0.4, -0.2) is 64.0 Å². The summed E-state index contributed by atoms with van der Waals surface area (Å²) in [6, 6.07) is 10.3. The van der Waals surface area contributed by atoms with Crippen molar-refractivity contribution in [1.29, 1.82) is 0 Å². The molecule has 0 saturated carbocycles. The molecule has 2 aliphatic heterocycles. The van der Waals surface area contributed by atoms with Crippen LogP contribution in [0.5, 0.6) is 0 Å². The van der Waals surface area contributed by atoms with Crippen molar-refractivity contribution >= 4 is 17.7 Å². The van der Waals surface area contributed by atoms with Crippen molar-refractivity contribution in [2.45, 2.75) is 51.9 Å². The zero-order chi connectivity index (χ0) is 24.3. The number of nitrogens with one attached hydrogen (secondary N) is 1. The second-order valence-corrected chi connectivity index (χ2v) is 9.32. The van der Waals surface area contributed by atoms with Gasteiger partial charge in [0.1, 0.15) is 11.8 Å². The van der Waals surface area contributed by atoms with Gasteiger partial charge < -0.3 is 15.0 Å². The van der Waals surface area contributed by atoms with Crippen molar-refractivity contribution in [3.05, 3.63) is 65.5 Å². The predicted molar refractivity (Wildman–Crippen MR) is 127 cm³/mol. The number of benzene rings is 1. The number of piperidine rings is 1. The topological polar surface area (TPSA) is 91.8 Å². The molecule has 1 spiro atoms. The molecule has 180 valence electrons. The first-order valence-electron chi connectivity index (χ1n) is 11.8. The molecule has 1 atom stereocenters. The number of hydrogen-bond acceptors (Lipinski definition) is 5. The molecule has 4 rings (SSSR count). The number of nitrogens with zero attached hydrogens (tertiary/aromatic N) is 3. The molecule has 3 heterocycles. The summed E-state index contributed by atoms with van der Waals surface area (Å²) in [4.78, 5) is 47.1. The van der Waals surface area contributed by atoms with Crippen LogP contribution in [0.1, 0.15) is 48.2 Å². The van der Waals surface area contributed by atoms with Crippen molar-refractivity contribution in [3.8, 4) is 0 Å². The number of pyridine rings is 1. The van der Waals surface area contributed by atoms with Crippen LogP contribution in [0.25, 0.3) is 0 Å². The van der Waals surface area contributed by atoms with Crippen molar-refractivity contribution in [1.82, 2.24) is 20.1 Å². The lowest BCUT2D eigenvalue weighted by molar-refractivity contribution is -0.146. The minimum atomic E-state index is -0.911. The Morgan fingerprint density at radius 3 is 2.44 bits per heavy atom. The highest BCUT2D eigenvalue weighted by molar-refractivity contribution is 5.99. The summed E-state index contributed by atoms with van der Waals surface area (Å²) in [7, 11) is 0. The number of ether oxygens (including phenoxy) is 1. The Kier molecular flexibility index (Phi) is 6.97. The summed E-state index contributed by atoms with van der Waals surface area (Å²) < 4.78 is 6.25. The summed E-state index contributed by atoms with van der Waals surface area (Å²) in [5, 5.41) is 2.95. The number of aryl methyl sites for hydroxylation is 1. The Hall–Kier alpha value is -3.26. The van der Waals surface area contributed by atoms with E-state index in [1.807, 2.05) is 56.0 Å². The summed E-state index contributed by atoms with van der Waals surface area (Å²) in [6.45, 7) is 7.09. The lowest BCUT2D eigenvalue weighted by Crippen LogP contribution is -2.60. The van der Waals surface area contributed by atoms with E-state index in [0.717, 1.165) is 11.1 Å². The zero-order valence-corrected chi connectivity index (χ0v) is 20.0. The first-order valence-corrected chi connectivity index (χ1v) is 11.8. The molecule has 0 radical (unpaired) electrons. The Morgan fingerprint density at radius 1 is 1.12 bits per heavy atom. The Balaban J connectivity index is 1.58. The molecule has 8 heteroatoms. The Labute approximate surface area is 200 Å². The molecule has 0 unspecified atom stereocenters. The van der Waals surface area contributed by atoms with Gasteiger partial charge in [-0.25, -0.2) is 0 Å². The van der Waals surface area contributed by atoms with E-state index >= 15 is 0 Å². The minimum absolute atomic E-state index is 0.0880. The van der Waals surface area contributed by atoms with E-state index in [4.69, 9.17) is 4.74 Å². The first kappa shape index (κ1) is 23.9. The molecule has 2 aliphatic rings. The highest BCUT2D eigenvalue weighted by atomic mass is 16.5. The van der Waals surface area contributed by atoms with Crippen LogP contribution in [0, 0.1) is 12.8 Å². The van der Waals surface area contributed by atoms with Crippen LogP contribution in [-0.2, 0) is 20.9 Å². The van der Waals surface area contributed by atoms with Gasteiger partial charge in [-0.15, -0.1) is 0 Å². The highest BCUT2D eigenvalue weighted by Gasteiger charge is 2.54. The summed E-state index contributed by atoms with van der Waals surface area (Å²) >= 11 is 0. The van der Waals surface area contributed by atoms with Crippen LogP contribution in [0.2, 0.25) is 0 Å². The number of aromatic nitrogens is 1. The number of carbonyl (C=O) groups is 3. The lowest BCUT2D eigenvalue weighted by atomic mass is 9.95. The quantitative estimate of drug-likeness (QED) is 0.734. The molecule has 8 nitrogen and oxygen atoms in total. The average molecular weight is 465 g/mol. The molecular weight excluding hydrogens is 432 g/mol. The average Bonchev–Trinajstić information content (AvgIpc) is 3.21. The maximum atomic E-state index is 13.8. The minimum Gasteiger partial charge on any atom is -0.353 e. The number of likely N-dealkylation sites (tertiary alicyclic amines) is 1. The number of amides is 3. The van der Waals surface area contributed by atoms with E-state index < -0.39 is 11.8 Å². The maximum Gasteiger partial charge on any atom is 0.257 e. The molecule has 2 fully saturated rings. The third kappa shape index (κ3) is 4.68. The standard InChI is InChI=1S/C26H32N4O4/c1-18(2)24(32)29-14-10-26(11-15-29)30(25(33)21-7-5-4-6-19(21)3)22(17-34-26)23(31)28-16-20-8-12-27-13-9-20/h4-9,12-13,18,22H,10-11,14-17H2,1-3H3,(H,28,31)/t22-/m0/s1. The highest BCUT2D eigenvalue weighted by Crippen LogP contribution is 2.39. The van der Waals surface area contributed by atoms with Crippen molar-refractivity contribution in [2.24, 2.45) is 5.92 Å². The van der Waals surface area contributed by atoms with Crippen molar-refractivity contribution in [3.63, 3.8) is 0 Å². The van der Waals surface area contributed by atoms with Gasteiger partial charge in [0.25, 0.3) is 5.91 Å². The van der Waals surface area contributed by atoms with Gasteiger partial charge in [-0.3, -0.25) is 24.3 Å². The van der Waals surface area contributed by atoms with E-state index in [9.17, 15) is 14.4 Å². The molecule has 1 aromatic heterocycles. The normalized spacial score (nSPS) is 19.5. The molecular formula is C26H32N4O4. The van der Waals surface area contributed by atoms with Gasteiger partial charge in [0.15, 0.2) is 0 Å². The van der Waals surface area contributed by atoms with E-state index in [-0.39, 0.29) is 30.2 Å². The third-order valence-corrected chi connectivity index (χ3v) is 6.72. The summed E-state index contributed by atoms with van der Waals surface area (Å²) in [5.41, 5.74) is 1.42. The third-order valence-electron chi connectivity index (χ3n) is 6.72. The lowest BCUT2D eigenvalue weighted by Gasteiger charge is -2.45. The number of carbonyl (C=O) groups excluding carboxylic acids is 3. The van der Waals surface area contributed by atoms with E-state index in [2.05, 4.69) is 10.3 Å². The number of hydrogen-bond donors (Lipinski definition) is 1. The molecule has 0 bridgehead atoms. The van der Waals surface area contributed by atoms with Crippen LogP contribution in [0.4, 0.5) is 0 Å². The largest absolute Gasteiger partial charge is 0.353 e. The van der Waals surface area contributed by atoms with Crippen molar-refractivity contribution in [2.75, 3.05) is 19.7 Å². The fourth-order valence-corrected chi connectivity index (χ4v) is 4.76. The van der Waals surface area contributed by atoms with Gasteiger partial charge in [-0.1, -0.05) is 32.0 Å². The van der Waals surface area contributed by atoms with Crippen molar-refractivity contribution < 1.29 is 19.1 Å². The molecule has 2 aromatic rings. The maximum absolute atomic E-state index is 13.8. The molecule has 1 aromatic carbocycles.